The number of fused-ring (bicyclic) bond motifs is 3. The minimum atomic E-state index is 0.0794. The van der Waals surface area contributed by atoms with Crippen LogP contribution in [0.1, 0.15) is 31.9 Å². The van der Waals surface area contributed by atoms with E-state index in [9.17, 15) is 0 Å². The average molecular weight is 240 g/mol. The summed E-state index contributed by atoms with van der Waals surface area (Å²) in [4.78, 5) is 2.42. The number of anilines is 1. The molecule has 0 bridgehead atoms. The predicted octanol–water partition coefficient (Wildman–Crippen LogP) is 3.09. The van der Waals surface area contributed by atoms with Crippen LogP contribution in [-0.4, -0.2) is 6.54 Å². The van der Waals surface area contributed by atoms with E-state index in [1.807, 2.05) is 0 Å². The van der Waals surface area contributed by atoms with Gasteiger partial charge in [-0.15, -0.1) is 0 Å². The highest BCUT2D eigenvalue weighted by Crippen LogP contribution is 2.49. The van der Waals surface area contributed by atoms with Crippen molar-refractivity contribution < 1.29 is 0 Å². The fourth-order valence-electron chi connectivity index (χ4n) is 3.02. The summed E-state index contributed by atoms with van der Waals surface area (Å²) in [6.45, 7) is 8.37. The topological polar surface area (TPSA) is 29.3 Å². The van der Waals surface area contributed by atoms with Gasteiger partial charge in [-0.2, -0.15) is 0 Å². The van der Waals surface area contributed by atoms with Gasteiger partial charge in [-0.05, 0) is 30.2 Å². The largest absolute Gasteiger partial charge is 0.340 e. The molecule has 0 saturated heterocycles. The Bertz CT molecular complexity index is 564. The molecular weight excluding hydrogens is 220 g/mol. The highest BCUT2D eigenvalue weighted by atomic mass is 15.2. The molecule has 2 aliphatic rings. The first-order chi connectivity index (χ1) is 8.54. The summed E-state index contributed by atoms with van der Waals surface area (Å²) >= 11 is 0. The van der Waals surface area contributed by atoms with Crippen LogP contribution in [0, 0.1) is 0 Å². The van der Waals surface area contributed by atoms with E-state index in [1.54, 1.807) is 0 Å². The maximum absolute atomic E-state index is 5.76. The van der Waals surface area contributed by atoms with Crippen LogP contribution < -0.4 is 10.6 Å². The summed E-state index contributed by atoms with van der Waals surface area (Å²) in [7, 11) is 0. The molecule has 2 nitrogen and oxygen atoms in total. The number of nitrogens with two attached hydrogens (primary N) is 1. The molecule has 0 fully saturated rings. The van der Waals surface area contributed by atoms with Gasteiger partial charge in [0.1, 0.15) is 0 Å². The first kappa shape index (κ1) is 11.5. The summed E-state index contributed by atoms with van der Waals surface area (Å²) in [5, 5.41) is 0. The lowest BCUT2D eigenvalue weighted by atomic mass is 9.82. The predicted molar refractivity (Wildman–Crippen MR) is 76.5 cm³/mol. The third kappa shape index (κ3) is 1.45. The van der Waals surface area contributed by atoms with Crippen molar-refractivity contribution >= 4 is 5.69 Å². The first-order valence-corrected chi connectivity index (χ1v) is 6.54. The molecule has 0 radical (unpaired) electrons. The molecule has 0 saturated carbocycles. The Labute approximate surface area is 109 Å². The van der Waals surface area contributed by atoms with E-state index in [0.717, 1.165) is 6.54 Å². The second-order valence-corrected chi connectivity index (χ2v) is 5.77. The van der Waals surface area contributed by atoms with Gasteiger partial charge in [0.25, 0.3) is 0 Å². The quantitative estimate of drug-likeness (QED) is 0.817. The molecule has 2 heterocycles. The van der Waals surface area contributed by atoms with Crippen LogP contribution in [0.3, 0.4) is 0 Å². The summed E-state index contributed by atoms with van der Waals surface area (Å²) in [6.07, 6.45) is 4.59. The summed E-state index contributed by atoms with van der Waals surface area (Å²) in [5.74, 6) is 0. The SMILES string of the molecule is CC1=CCN2C(=C1)C(C)(C)c1cc(CN)ccc12. The van der Waals surface area contributed by atoms with E-state index in [4.69, 9.17) is 5.73 Å². The van der Waals surface area contributed by atoms with Crippen LogP contribution in [0.15, 0.2) is 41.6 Å². The molecule has 2 aliphatic heterocycles. The van der Waals surface area contributed by atoms with E-state index in [-0.39, 0.29) is 5.41 Å². The van der Waals surface area contributed by atoms with Gasteiger partial charge in [0.05, 0.1) is 0 Å². The van der Waals surface area contributed by atoms with Crippen LogP contribution in [0.4, 0.5) is 5.69 Å². The molecule has 1 aromatic carbocycles. The zero-order valence-corrected chi connectivity index (χ0v) is 11.3. The fraction of sp³-hybridized carbons (Fsp3) is 0.375. The number of hydrogen-bond acceptors (Lipinski definition) is 2. The van der Waals surface area contributed by atoms with E-state index < -0.39 is 0 Å². The van der Waals surface area contributed by atoms with Crippen LogP contribution in [-0.2, 0) is 12.0 Å². The minimum Gasteiger partial charge on any atom is -0.340 e. The third-order valence-corrected chi connectivity index (χ3v) is 4.15. The Hall–Kier alpha value is -1.54. The standard InChI is InChI=1S/C16H20N2/c1-11-6-7-18-14-5-4-12(10-17)9-13(14)16(2,3)15(18)8-11/h4-6,8-9H,7,10,17H2,1-3H3. The van der Waals surface area contributed by atoms with E-state index >= 15 is 0 Å². The number of hydrogen-bond donors (Lipinski definition) is 1. The van der Waals surface area contributed by atoms with E-state index in [0.29, 0.717) is 6.54 Å². The Morgan fingerprint density at radius 1 is 1.33 bits per heavy atom. The maximum Gasteiger partial charge on any atom is 0.0453 e. The first-order valence-electron chi connectivity index (χ1n) is 6.54. The average Bonchev–Trinajstić information content (AvgIpc) is 2.58. The minimum absolute atomic E-state index is 0.0794. The summed E-state index contributed by atoms with van der Waals surface area (Å²) in [5.41, 5.74) is 12.6. The van der Waals surface area contributed by atoms with Crippen LogP contribution in [0.25, 0.3) is 0 Å². The van der Waals surface area contributed by atoms with Crippen molar-refractivity contribution in [3.8, 4) is 0 Å². The van der Waals surface area contributed by atoms with E-state index in [1.165, 1.54) is 28.1 Å². The molecule has 2 heteroatoms. The van der Waals surface area contributed by atoms with E-state index in [2.05, 4.69) is 56.0 Å². The Morgan fingerprint density at radius 2 is 2.11 bits per heavy atom. The second kappa shape index (κ2) is 3.72. The lowest BCUT2D eigenvalue weighted by molar-refractivity contribution is 0.632. The normalized spacial score (nSPS) is 20.1. The fourth-order valence-corrected chi connectivity index (χ4v) is 3.02. The van der Waals surface area contributed by atoms with Crippen LogP contribution in [0.5, 0.6) is 0 Å². The van der Waals surface area contributed by atoms with Gasteiger partial charge in [-0.1, -0.05) is 37.6 Å². The van der Waals surface area contributed by atoms with Crippen molar-refractivity contribution in [1.82, 2.24) is 0 Å². The lowest BCUT2D eigenvalue weighted by Crippen LogP contribution is -2.28. The number of rotatable bonds is 1. The summed E-state index contributed by atoms with van der Waals surface area (Å²) in [6, 6.07) is 6.63. The number of nitrogens with zero attached hydrogens (tertiary/aromatic N) is 1. The molecule has 0 aliphatic carbocycles. The third-order valence-electron chi connectivity index (χ3n) is 4.15. The zero-order valence-electron chi connectivity index (χ0n) is 11.3. The molecule has 0 atom stereocenters. The van der Waals surface area contributed by atoms with Gasteiger partial charge >= 0.3 is 0 Å². The van der Waals surface area contributed by atoms with Crippen molar-refractivity contribution in [3.63, 3.8) is 0 Å². The van der Waals surface area contributed by atoms with Crippen LogP contribution >= 0.6 is 0 Å². The van der Waals surface area contributed by atoms with Gasteiger partial charge in [0.2, 0.25) is 0 Å². The second-order valence-electron chi connectivity index (χ2n) is 5.77. The smallest absolute Gasteiger partial charge is 0.0453 e. The van der Waals surface area contributed by atoms with Gasteiger partial charge in [0.15, 0.2) is 0 Å². The number of benzene rings is 1. The van der Waals surface area contributed by atoms with Crippen LogP contribution in [0.2, 0.25) is 0 Å². The summed E-state index contributed by atoms with van der Waals surface area (Å²) < 4.78 is 0. The molecule has 18 heavy (non-hydrogen) atoms. The molecule has 1 aromatic rings. The molecule has 94 valence electrons. The zero-order chi connectivity index (χ0) is 12.9. The molecule has 2 N–H and O–H groups in total. The Kier molecular flexibility index (Phi) is 2.39. The molecule has 0 aromatic heterocycles. The Morgan fingerprint density at radius 3 is 2.83 bits per heavy atom. The van der Waals surface area contributed by atoms with Crippen molar-refractivity contribution in [2.45, 2.75) is 32.7 Å². The lowest BCUT2D eigenvalue weighted by Gasteiger charge is -2.29. The molecule has 0 amide bonds. The molecule has 3 rings (SSSR count). The Balaban J connectivity index is 2.19. The van der Waals surface area contributed by atoms with Crippen molar-refractivity contribution in [1.29, 1.82) is 0 Å². The highest BCUT2D eigenvalue weighted by molar-refractivity contribution is 5.73. The van der Waals surface area contributed by atoms with Crippen molar-refractivity contribution in [3.05, 3.63) is 52.7 Å². The van der Waals surface area contributed by atoms with Gasteiger partial charge in [-0.3, -0.25) is 0 Å². The molecular formula is C16H20N2. The maximum atomic E-state index is 5.76. The van der Waals surface area contributed by atoms with Crippen molar-refractivity contribution in [2.24, 2.45) is 5.73 Å². The highest BCUT2D eigenvalue weighted by Gasteiger charge is 2.40. The molecule has 0 spiro atoms. The van der Waals surface area contributed by atoms with Gasteiger partial charge in [0, 0.05) is 29.9 Å². The van der Waals surface area contributed by atoms with Gasteiger partial charge < -0.3 is 10.6 Å². The van der Waals surface area contributed by atoms with Gasteiger partial charge in [-0.25, -0.2) is 0 Å². The number of allylic oxidation sites excluding steroid dienone is 3. The van der Waals surface area contributed by atoms with Crippen molar-refractivity contribution in [2.75, 3.05) is 11.4 Å². The molecule has 0 unspecified atom stereocenters. The monoisotopic (exact) mass is 240 g/mol.